The average molecular weight is 266 g/mol. The van der Waals surface area contributed by atoms with Crippen LogP contribution in [0.25, 0.3) is 11.4 Å². The van der Waals surface area contributed by atoms with Crippen molar-refractivity contribution in [2.75, 3.05) is 0 Å². The molecule has 0 N–H and O–H groups in total. The van der Waals surface area contributed by atoms with Gasteiger partial charge in [0.2, 0.25) is 5.82 Å². The maximum atomic E-state index is 10.9. The number of hydrogen-bond acceptors (Lipinski definition) is 5. The average Bonchev–Trinajstić information content (AvgIpc) is 2.80. The molecule has 0 unspecified atom stereocenters. The third-order valence-electron chi connectivity index (χ3n) is 2.47. The number of benzene rings is 1. The van der Waals surface area contributed by atoms with Crippen molar-refractivity contribution in [3.63, 3.8) is 0 Å². The molecule has 0 spiro atoms. The Balaban J connectivity index is 2.30. The second-order valence-electron chi connectivity index (χ2n) is 3.68. The number of carboxylic acids is 1. The SMILES string of the molecule is CC[C@@H](C(=O)[O-])n1nnc(-c2ccc(Cl)cc2)n1. The quantitative estimate of drug-likeness (QED) is 0.812. The zero-order chi connectivity index (χ0) is 13.1. The molecule has 0 aliphatic carbocycles. The van der Waals surface area contributed by atoms with Crippen LogP contribution in [0.1, 0.15) is 19.4 Å². The standard InChI is InChI=1S/C11H11ClN4O2/c1-2-9(11(17)18)16-14-10(13-15-16)7-3-5-8(12)6-4-7/h3-6,9H,2H2,1H3,(H,17,18)/p-1/t9-/m0/s1. The molecule has 2 aromatic rings. The Hall–Kier alpha value is -1.95. The van der Waals surface area contributed by atoms with Gasteiger partial charge in [0.15, 0.2) is 0 Å². The second kappa shape index (κ2) is 5.14. The molecule has 0 aliphatic rings. The Kier molecular flexibility index (Phi) is 3.57. The molecule has 0 fully saturated rings. The van der Waals surface area contributed by atoms with E-state index >= 15 is 0 Å². The monoisotopic (exact) mass is 265 g/mol. The molecule has 1 aromatic carbocycles. The van der Waals surface area contributed by atoms with E-state index in [2.05, 4.69) is 15.4 Å². The highest BCUT2D eigenvalue weighted by Crippen LogP contribution is 2.18. The lowest BCUT2D eigenvalue weighted by molar-refractivity contribution is -0.311. The zero-order valence-electron chi connectivity index (χ0n) is 9.58. The van der Waals surface area contributed by atoms with Gasteiger partial charge in [0.05, 0.1) is 5.97 Å². The Morgan fingerprint density at radius 2 is 2.11 bits per heavy atom. The second-order valence-corrected chi connectivity index (χ2v) is 4.12. The van der Waals surface area contributed by atoms with Gasteiger partial charge in [0, 0.05) is 10.6 Å². The normalized spacial score (nSPS) is 12.3. The minimum atomic E-state index is -1.22. The highest BCUT2D eigenvalue weighted by atomic mass is 35.5. The molecule has 0 bridgehead atoms. The summed E-state index contributed by atoms with van der Waals surface area (Å²) in [5, 5.41) is 23.0. The summed E-state index contributed by atoms with van der Waals surface area (Å²) >= 11 is 5.77. The summed E-state index contributed by atoms with van der Waals surface area (Å²) in [6, 6.07) is 5.98. The van der Waals surface area contributed by atoms with Crippen LogP contribution in [-0.4, -0.2) is 26.2 Å². The number of nitrogens with zero attached hydrogens (tertiary/aromatic N) is 4. The van der Waals surface area contributed by atoms with Crippen molar-refractivity contribution < 1.29 is 9.90 Å². The molecule has 0 saturated heterocycles. The van der Waals surface area contributed by atoms with E-state index in [-0.39, 0.29) is 0 Å². The van der Waals surface area contributed by atoms with Crippen LogP contribution < -0.4 is 5.11 Å². The number of hydrogen-bond donors (Lipinski definition) is 0. The van der Waals surface area contributed by atoms with Crippen LogP contribution in [0.4, 0.5) is 0 Å². The van der Waals surface area contributed by atoms with Crippen molar-refractivity contribution in [3.05, 3.63) is 29.3 Å². The van der Waals surface area contributed by atoms with Crippen molar-refractivity contribution in [1.82, 2.24) is 20.2 Å². The number of halogens is 1. The minimum absolute atomic E-state index is 0.332. The van der Waals surface area contributed by atoms with E-state index in [0.717, 1.165) is 10.4 Å². The Labute approximate surface area is 108 Å². The molecule has 1 atom stereocenters. The van der Waals surface area contributed by atoms with Crippen molar-refractivity contribution in [2.24, 2.45) is 0 Å². The highest BCUT2D eigenvalue weighted by molar-refractivity contribution is 6.30. The summed E-state index contributed by atoms with van der Waals surface area (Å²) in [4.78, 5) is 11.9. The van der Waals surface area contributed by atoms with E-state index in [1.54, 1.807) is 31.2 Å². The first kappa shape index (κ1) is 12.5. The van der Waals surface area contributed by atoms with E-state index in [0.29, 0.717) is 17.3 Å². The van der Waals surface area contributed by atoms with Crippen molar-refractivity contribution >= 4 is 17.6 Å². The van der Waals surface area contributed by atoms with E-state index in [9.17, 15) is 9.90 Å². The van der Waals surface area contributed by atoms with Gasteiger partial charge in [-0.05, 0) is 35.9 Å². The van der Waals surface area contributed by atoms with E-state index < -0.39 is 12.0 Å². The maximum Gasteiger partial charge on any atom is 0.204 e. The minimum Gasteiger partial charge on any atom is -0.548 e. The molecule has 0 amide bonds. The van der Waals surface area contributed by atoms with Crippen molar-refractivity contribution in [3.8, 4) is 11.4 Å². The molecule has 6 nitrogen and oxygen atoms in total. The van der Waals surface area contributed by atoms with Crippen LogP contribution in [0.3, 0.4) is 0 Å². The van der Waals surface area contributed by atoms with E-state index in [1.165, 1.54) is 0 Å². The Bertz CT molecular complexity index is 552. The van der Waals surface area contributed by atoms with Crippen LogP contribution in [-0.2, 0) is 4.79 Å². The van der Waals surface area contributed by atoms with Gasteiger partial charge in [-0.25, -0.2) is 0 Å². The van der Waals surface area contributed by atoms with E-state index in [1.807, 2.05) is 0 Å². The number of carboxylic acid groups (broad SMARTS) is 1. The number of rotatable bonds is 4. The third-order valence-corrected chi connectivity index (χ3v) is 2.72. The summed E-state index contributed by atoms with van der Waals surface area (Å²) in [6.45, 7) is 1.71. The van der Waals surface area contributed by atoms with Crippen LogP contribution in [0, 0.1) is 0 Å². The van der Waals surface area contributed by atoms with Gasteiger partial charge in [-0.2, -0.15) is 4.80 Å². The molecule has 7 heteroatoms. The molecule has 1 aromatic heterocycles. The summed E-state index contributed by atoms with van der Waals surface area (Å²) < 4.78 is 0. The highest BCUT2D eigenvalue weighted by Gasteiger charge is 2.14. The zero-order valence-corrected chi connectivity index (χ0v) is 10.3. The smallest absolute Gasteiger partial charge is 0.204 e. The summed E-state index contributed by atoms with van der Waals surface area (Å²) in [6.07, 6.45) is 0.332. The van der Waals surface area contributed by atoms with Gasteiger partial charge >= 0.3 is 0 Å². The predicted molar refractivity (Wildman–Crippen MR) is 62.6 cm³/mol. The van der Waals surface area contributed by atoms with E-state index in [4.69, 9.17) is 11.6 Å². The van der Waals surface area contributed by atoms with Crippen molar-refractivity contribution in [2.45, 2.75) is 19.4 Å². The van der Waals surface area contributed by atoms with Crippen molar-refractivity contribution in [1.29, 1.82) is 0 Å². The van der Waals surface area contributed by atoms with Gasteiger partial charge in [-0.1, -0.05) is 18.5 Å². The molecule has 1 heterocycles. The Morgan fingerprint density at radius 1 is 1.44 bits per heavy atom. The molecular weight excluding hydrogens is 256 g/mol. The van der Waals surface area contributed by atoms with Crippen LogP contribution in [0.5, 0.6) is 0 Å². The first-order chi connectivity index (χ1) is 8.61. The lowest BCUT2D eigenvalue weighted by atomic mass is 10.2. The summed E-state index contributed by atoms with van der Waals surface area (Å²) in [5.74, 6) is -0.871. The maximum absolute atomic E-state index is 10.9. The van der Waals surface area contributed by atoms with Gasteiger partial charge in [0.25, 0.3) is 0 Å². The molecule has 0 saturated carbocycles. The first-order valence-corrected chi connectivity index (χ1v) is 5.76. The fourth-order valence-electron chi connectivity index (χ4n) is 1.50. The molecule has 94 valence electrons. The molecular formula is C11H10ClN4O2-. The number of carbonyl (C=O) groups is 1. The van der Waals surface area contributed by atoms with Crippen LogP contribution in [0.2, 0.25) is 5.02 Å². The molecule has 2 rings (SSSR count). The molecule has 0 aliphatic heterocycles. The fraction of sp³-hybridized carbons (Fsp3) is 0.273. The lowest BCUT2D eigenvalue weighted by Crippen LogP contribution is -2.34. The number of tetrazole rings is 1. The first-order valence-electron chi connectivity index (χ1n) is 5.38. The lowest BCUT2D eigenvalue weighted by Gasteiger charge is -2.13. The van der Waals surface area contributed by atoms with Gasteiger partial charge in [0.1, 0.15) is 6.04 Å². The summed E-state index contributed by atoms with van der Waals surface area (Å²) in [5.41, 5.74) is 0.721. The van der Waals surface area contributed by atoms with Gasteiger partial charge < -0.3 is 9.90 Å². The van der Waals surface area contributed by atoms with Crippen LogP contribution in [0.15, 0.2) is 24.3 Å². The fourth-order valence-corrected chi connectivity index (χ4v) is 1.62. The van der Waals surface area contributed by atoms with Gasteiger partial charge in [-0.15, -0.1) is 10.2 Å². The third kappa shape index (κ3) is 2.48. The largest absolute Gasteiger partial charge is 0.548 e. The Morgan fingerprint density at radius 3 is 2.67 bits per heavy atom. The van der Waals surface area contributed by atoms with Gasteiger partial charge in [-0.3, -0.25) is 0 Å². The number of aromatic nitrogens is 4. The number of carbonyl (C=O) groups excluding carboxylic acids is 1. The topological polar surface area (TPSA) is 83.7 Å². The molecule has 0 radical (unpaired) electrons. The number of aliphatic carboxylic acids is 1. The predicted octanol–water partition coefficient (Wildman–Crippen LogP) is 0.694. The molecule has 18 heavy (non-hydrogen) atoms. The summed E-state index contributed by atoms with van der Waals surface area (Å²) in [7, 11) is 0. The van der Waals surface area contributed by atoms with Crippen LogP contribution >= 0.6 is 11.6 Å².